The smallest absolute Gasteiger partial charge is 0.331 e. The number of anilines is 1. The van der Waals surface area contributed by atoms with Crippen LogP contribution in [0.25, 0.3) is 6.08 Å². The predicted octanol–water partition coefficient (Wildman–Crippen LogP) is 3.36. The van der Waals surface area contributed by atoms with Crippen molar-refractivity contribution >= 4 is 23.6 Å². The van der Waals surface area contributed by atoms with Gasteiger partial charge in [0.2, 0.25) is 5.75 Å². The first-order valence-corrected chi connectivity index (χ1v) is 9.20. The average molecular weight is 397 g/mol. The number of carbonyl (C=O) groups is 2. The number of nitrogens with one attached hydrogen (secondary N) is 1. The molecule has 1 aliphatic heterocycles. The number of carbonyl (C=O) groups excluding carboxylic acids is 2. The van der Waals surface area contributed by atoms with Crippen molar-refractivity contribution in [2.75, 3.05) is 25.6 Å². The van der Waals surface area contributed by atoms with Crippen LogP contribution < -0.4 is 19.5 Å². The molecule has 29 heavy (non-hydrogen) atoms. The van der Waals surface area contributed by atoms with E-state index in [-0.39, 0.29) is 0 Å². The molecule has 0 aromatic heterocycles. The molecule has 0 spiro atoms. The lowest BCUT2D eigenvalue weighted by atomic mass is 10.1. The summed E-state index contributed by atoms with van der Waals surface area (Å²) >= 11 is 0. The van der Waals surface area contributed by atoms with E-state index in [9.17, 15) is 9.59 Å². The normalized spacial score (nSPS) is 13.6. The Hall–Kier alpha value is -3.48. The molecule has 2 aromatic carbocycles. The zero-order valence-electron chi connectivity index (χ0n) is 16.6. The van der Waals surface area contributed by atoms with Crippen molar-refractivity contribution in [3.8, 4) is 17.2 Å². The largest absolute Gasteiger partial charge is 0.493 e. The molecule has 1 amide bonds. The van der Waals surface area contributed by atoms with Crippen LogP contribution in [0.1, 0.15) is 18.1 Å². The minimum absolute atomic E-state index is 0.406. The Kier molecular flexibility index (Phi) is 6.39. The van der Waals surface area contributed by atoms with Crippen molar-refractivity contribution in [3.63, 3.8) is 0 Å². The van der Waals surface area contributed by atoms with Gasteiger partial charge in [0.25, 0.3) is 5.91 Å². The highest BCUT2D eigenvalue weighted by Gasteiger charge is 2.19. The zero-order valence-corrected chi connectivity index (χ0v) is 16.6. The van der Waals surface area contributed by atoms with Crippen LogP contribution in [-0.2, 0) is 14.3 Å². The van der Waals surface area contributed by atoms with Crippen LogP contribution in [0, 0.1) is 6.92 Å². The SMILES string of the molecule is COc1cc(/C=C/C(=O)O[C@@H](C)C(=O)Nc2ccc(C)cc2)cc2c1OCCO2. The second-order valence-corrected chi connectivity index (χ2v) is 6.52. The lowest BCUT2D eigenvalue weighted by molar-refractivity contribution is -0.148. The minimum Gasteiger partial charge on any atom is -0.493 e. The van der Waals surface area contributed by atoms with Crippen molar-refractivity contribution in [2.24, 2.45) is 0 Å². The molecule has 7 nitrogen and oxygen atoms in total. The maximum atomic E-state index is 12.2. The fourth-order valence-electron chi connectivity index (χ4n) is 2.70. The van der Waals surface area contributed by atoms with Crippen molar-refractivity contribution in [1.82, 2.24) is 0 Å². The van der Waals surface area contributed by atoms with Gasteiger partial charge in [-0.2, -0.15) is 0 Å². The molecular weight excluding hydrogens is 374 g/mol. The number of fused-ring (bicyclic) bond motifs is 1. The molecule has 0 bridgehead atoms. The van der Waals surface area contributed by atoms with Gasteiger partial charge in [-0.15, -0.1) is 0 Å². The molecule has 0 aliphatic carbocycles. The van der Waals surface area contributed by atoms with E-state index in [2.05, 4.69) is 5.32 Å². The predicted molar refractivity (Wildman–Crippen MR) is 108 cm³/mol. The quantitative estimate of drug-likeness (QED) is 0.595. The summed E-state index contributed by atoms with van der Waals surface area (Å²) in [6.07, 6.45) is 1.87. The van der Waals surface area contributed by atoms with E-state index < -0.39 is 18.0 Å². The average Bonchev–Trinajstić information content (AvgIpc) is 2.73. The maximum Gasteiger partial charge on any atom is 0.331 e. The summed E-state index contributed by atoms with van der Waals surface area (Å²) in [5.41, 5.74) is 2.41. The summed E-state index contributed by atoms with van der Waals surface area (Å²) in [7, 11) is 1.53. The standard InChI is InChI=1S/C22H23NO6/c1-14-4-7-17(8-5-14)23-22(25)15(2)29-20(24)9-6-16-12-18(26-3)21-19(13-16)27-10-11-28-21/h4-9,12-13,15H,10-11H2,1-3H3,(H,23,25)/b9-6+/t15-/m0/s1. The molecule has 3 rings (SSSR count). The summed E-state index contributed by atoms with van der Waals surface area (Å²) in [5, 5.41) is 2.71. The zero-order chi connectivity index (χ0) is 20.8. The molecule has 1 N–H and O–H groups in total. The van der Waals surface area contributed by atoms with Gasteiger partial charge >= 0.3 is 5.97 Å². The Morgan fingerprint density at radius 1 is 1.14 bits per heavy atom. The third kappa shape index (κ3) is 5.28. The van der Waals surface area contributed by atoms with E-state index in [4.69, 9.17) is 18.9 Å². The van der Waals surface area contributed by atoms with E-state index >= 15 is 0 Å². The van der Waals surface area contributed by atoms with E-state index in [1.165, 1.54) is 20.1 Å². The first-order chi connectivity index (χ1) is 14.0. The Labute approximate surface area is 169 Å². The summed E-state index contributed by atoms with van der Waals surface area (Å²) in [5.74, 6) is 0.567. The third-order valence-corrected chi connectivity index (χ3v) is 4.24. The highest BCUT2D eigenvalue weighted by atomic mass is 16.6. The molecule has 1 atom stereocenters. The summed E-state index contributed by atoms with van der Waals surface area (Å²) in [6, 6.07) is 10.8. The minimum atomic E-state index is -0.941. The topological polar surface area (TPSA) is 83.1 Å². The fourth-order valence-corrected chi connectivity index (χ4v) is 2.70. The lowest BCUT2D eigenvalue weighted by Gasteiger charge is -2.20. The first kappa shape index (κ1) is 20.3. The van der Waals surface area contributed by atoms with Gasteiger partial charge < -0.3 is 24.3 Å². The Bertz CT molecular complexity index is 902. The Morgan fingerprint density at radius 2 is 1.86 bits per heavy atom. The first-order valence-electron chi connectivity index (χ1n) is 9.20. The molecule has 0 radical (unpaired) electrons. The molecular formula is C22H23NO6. The second kappa shape index (κ2) is 9.14. The van der Waals surface area contributed by atoms with E-state index in [0.717, 1.165) is 5.56 Å². The molecule has 1 aliphatic rings. The number of aryl methyl sites for hydroxylation is 1. The number of benzene rings is 2. The molecule has 0 saturated heterocycles. The van der Waals surface area contributed by atoms with Gasteiger partial charge in [0, 0.05) is 11.8 Å². The van der Waals surface area contributed by atoms with Crippen LogP contribution in [0.2, 0.25) is 0 Å². The van der Waals surface area contributed by atoms with Gasteiger partial charge in [-0.05, 0) is 49.8 Å². The third-order valence-electron chi connectivity index (χ3n) is 4.24. The second-order valence-electron chi connectivity index (χ2n) is 6.52. The van der Waals surface area contributed by atoms with Crippen LogP contribution in [0.3, 0.4) is 0 Å². The van der Waals surface area contributed by atoms with E-state index in [1.807, 2.05) is 19.1 Å². The van der Waals surface area contributed by atoms with E-state index in [0.29, 0.717) is 41.7 Å². The van der Waals surface area contributed by atoms with Crippen LogP contribution in [0.4, 0.5) is 5.69 Å². The Morgan fingerprint density at radius 3 is 2.59 bits per heavy atom. The van der Waals surface area contributed by atoms with Crippen LogP contribution in [0.15, 0.2) is 42.5 Å². The molecule has 2 aromatic rings. The van der Waals surface area contributed by atoms with Gasteiger partial charge in [-0.25, -0.2) is 4.79 Å². The highest BCUT2D eigenvalue weighted by molar-refractivity contribution is 5.96. The van der Waals surface area contributed by atoms with Gasteiger partial charge in [0.1, 0.15) is 13.2 Å². The number of hydrogen-bond acceptors (Lipinski definition) is 6. The van der Waals surface area contributed by atoms with Crippen molar-refractivity contribution in [2.45, 2.75) is 20.0 Å². The molecule has 0 fully saturated rings. The summed E-state index contributed by atoms with van der Waals surface area (Å²) in [4.78, 5) is 24.3. The lowest BCUT2D eigenvalue weighted by Crippen LogP contribution is -2.29. The maximum absolute atomic E-state index is 12.2. The summed E-state index contributed by atoms with van der Waals surface area (Å²) in [6.45, 7) is 4.37. The monoisotopic (exact) mass is 397 g/mol. The fraction of sp³-hybridized carbons (Fsp3) is 0.273. The number of esters is 1. The molecule has 7 heteroatoms. The number of rotatable bonds is 6. The van der Waals surface area contributed by atoms with Gasteiger partial charge in [-0.1, -0.05) is 17.7 Å². The Balaban J connectivity index is 1.60. The van der Waals surface area contributed by atoms with Crippen LogP contribution >= 0.6 is 0 Å². The van der Waals surface area contributed by atoms with E-state index in [1.54, 1.807) is 30.3 Å². The summed E-state index contributed by atoms with van der Waals surface area (Å²) < 4.78 is 21.6. The molecule has 0 saturated carbocycles. The highest BCUT2D eigenvalue weighted by Crippen LogP contribution is 2.40. The number of ether oxygens (including phenoxy) is 4. The van der Waals surface area contributed by atoms with Crippen molar-refractivity contribution in [3.05, 3.63) is 53.6 Å². The molecule has 152 valence electrons. The van der Waals surface area contributed by atoms with Gasteiger partial charge in [0.15, 0.2) is 17.6 Å². The molecule has 0 unspecified atom stereocenters. The molecule has 1 heterocycles. The van der Waals surface area contributed by atoms with Gasteiger partial charge in [0.05, 0.1) is 7.11 Å². The van der Waals surface area contributed by atoms with Crippen LogP contribution in [-0.4, -0.2) is 38.3 Å². The van der Waals surface area contributed by atoms with Gasteiger partial charge in [-0.3, -0.25) is 4.79 Å². The van der Waals surface area contributed by atoms with Crippen molar-refractivity contribution < 1.29 is 28.5 Å². The van der Waals surface area contributed by atoms with Crippen LogP contribution in [0.5, 0.6) is 17.2 Å². The number of hydrogen-bond donors (Lipinski definition) is 1. The number of amides is 1. The number of methoxy groups -OCH3 is 1. The van der Waals surface area contributed by atoms with Crippen molar-refractivity contribution in [1.29, 1.82) is 0 Å².